The third-order valence-corrected chi connectivity index (χ3v) is 4.13. The first-order valence-electron chi connectivity index (χ1n) is 7.71. The number of furan rings is 1. The summed E-state index contributed by atoms with van der Waals surface area (Å²) in [7, 11) is 0. The molecule has 5 heteroatoms. The van der Waals surface area contributed by atoms with Crippen molar-refractivity contribution in [1.82, 2.24) is 10.6 Å². The van der Waals surface area contributed by atoms with Gasteiger partial charge in [-0.15, -0.1) is 12.4 Å². The highest BCUT2D eigenvalue weighted by Gasteiger charge is 2.15. The molecule has 1 unspecified atom stereocenters. The number of nitrogens with one attached hydrogen (secondary N) is 2. The zero-order chi connectivity index (χ0) is 14.7. The van der Waals surface area contributed by atoms with Gasteiger partial charge in [0.1, 0.15) is 5.58 Å². The van der Waals surface area contributed by atoms with Crippen LogP contribution in [0.5, 0.6) is 0 Å². The van der Waals surface area contributed by atoms with E-state index in [1.807, 2.05) is 31.2 Å². The Labute approximate surface area is 137 Å². The molecule has 22 heavy (non-hydrogen) atoms. The molecule has 1 amide bonds. The van der Waals surface area contributed by atoms with Crippen molar-refractivity contribution >= 4 is 29.3 Å². The van der Waals surface area contributed by atoms with Gasteiger partial charge in [-0.1, -0.05) is 11.6 Å². The van der Waals surface area contributed by atoms with Crippen molar-refractivity contribution in [1.29, 1.82) is 0 Å². The second-order valence-corrected chi connectivity index (χ2v) is 5.91. The number of amides is 1. The average molecular weight is 323 g/mol. The second kappa shape index (κ2) is 7.65. The van der Waals surface area contributed by atoms with Crippen molar-refractivity contribution in [2.75, 3.05) is 19.6 Å². The molecular formula is C17H23ClN2O2. The van der Waals surface area contributed by atoms with Crippen molar-refractivity contribution < 1.29 is 9.21 Å². The molecule has 1 aliphatic heterocycles. The number of fused-ring (bicyclic) bond motifs is 1. The second-order valence-electron chi connectivity index (χ2n) is 5.91. The molecule has 2 aromatic rings. The number of hydrogen-bond donors (Lipinski definition) is 2. The third-order valence-electron chi connectivity index (χ3n) is 4.13. The number of rotatable bonds is 4. The summed E-state index contributed by atoms with van der Waals surface area (Å²) >= 11 is 0. The maximum Gasteiger partial charge on any atom is 0.287 e. The highest BCUT2D eigenvalue weighted by Crippen LogP contribution is 2.20. The molecule has 1 aliphatic rings. The number of piperidine rings is 1. The van der Waals surface area contributed by atoms with E-state index in [1.165, 1.54) is 18.4 Å². The smallest absolute Gasteiger partial charge is 0.287 e. The molecule has 0 aliphatic carbocycles. The number of carbonyl (C=O) groups excluding carboxylic acids is 1. The number of aryl methyl sites for hydroxylation is 1. The molecule has 3 rings (SSSR count). The summed E-state index contributed by atoms with van der Waals surface area (Å²) in [5.74, 6) is 0.961. The van der Waals surface area contributed by atoms with Crippen LogP contribution in [0.25, 0.3) is 11.0 Å². The molecule has 0 radical (unpaired) electrons. The topological polar surface area (TPSA) is 54.3 Å². The fraction of sp³-hybridized carbons (Fsp3) is 0.471. The van der Waals surface area contributed by atoms with Crippen molar-refractivity contribution in [2.45, 2.75) is 26.2 Å². The van der Waals surface area contributed by atoms with E-state index in [2.05, 4.69) is 10.6 Å². The van der Waals surface area contributed by atoms with Gasteiger partial charge >= 0.3 is 0 Å². The Kier molecular flexibility index (Phi) is 5.86. The minimum absolute atomic E-state index is 0. The van der Waals surface area contributed by atoms with Gasteiger partial charge < -0.3 is 15.1 Å². The van der Waals surface area contributed by atoms with E-state index in [9.17, 15) is 4.79 Å². The van der Waals surface area contributed by atoms with Crippen LogP contribution in [-0.4, -0.2) is 25.5 Å². The lowest BCUT2D eigenvalue weighted by atomic mass is 9.96. The fourth-order valence-electron chi connectivity index (χ4n) is 2.92. The molecule has 120 valence electrons. The molecule has 0 saturated carbocycles. The Morgan fingerprint density at radius 1 is 1.41 bits per heavy atom. The van der Waals surface area contributed by atoms with Gasteiger partial charge in [-0.05, 0) is 63.4 Å². The van der Waals surface area contributed by atoms with Gasteiger partial charge in [-0.3, -0.25) is 4.79 Å². The fourth-order valence-corrected chi connectivity index (χ4v) is 2.92. The number of carbonyl (C=O) groups is 1. The lowest BCUT2D eigenvalue weighted by molar-refractivity contribution is 0.0925. The minimum atomic E-state index is -0.118. The molecule has 1 aromatic carbocycles. The molecule has 1 aromatic heterocycles. The van der Waals surface area contributed by atoms with Crippen LogP contribution in [0.1, 0.15) is 35.4 Å². The van der Waals surface area contributed by atoms with Gasteiger partial charge in [0.2, 0.25) is 0 Å². The average Bonchev–Trinajstić information content (AvgIpc) is 2.91. The lowest BCUT2D eigenvalue weighted by Crippen LogP contribution is -2.33. The minimum Gasteiger partial charge on any atom is -0.451 e. The quantitative estimate of drug-likeness (QED) is 0.908. The molecule has 0 bridgehead atoms. The Morgan fingerprint density at radius 2 is 2.27 bits per heavy atom. The first kappa shape index (κ1) is 16.8. The SMILES string of the molecule is Cc1ccc2oc(C(=O)NCCC3CCCNC3)cc2c1.Cl. The predicted octanol–water partition coefficient (Wildman–Crippen LogP) is 3.28. The van der Waals surface area contributed by atoms with Gasteiger partial charge in [0.05, 0.1) is 0 Å². The first-order chi connectivity index (χ1) is 10.2. The van der Waals surface area contributed by atoms with Gasteiger partial charge in [0.15, 0.2) is 5.76 Å². The summed E-state index contributed by atoms with van der Waals surface area (Å²) in [6, 6.07) is 7.75. The van der Waals surface area contributed by atoms with E-state index < -0.39 is 0 Å². The Balaban J connectivity index is 0.00000176. The zero-order valence-electron chi connectivity index (χ0n) is 12.9. The Bertz CT molecular complexity index is 633. The monoisotopic (exact) mass is 322 g/mol. The number of hydrogen-bond acceptors (Lipinski definition) is 3. The highest BCUT2D eigenvalue weighted by molar-refractivity contribution is 5.96. The van der Waals surface area contributed by atoms with Crippen LogP contribution >= 0.6 is 12.4 Å². The molecule has 4 nitrogen and oxygen atoms in total. The van der Waals surface area contributed by atoms with Crippen molar-refractivity contribution in [3.8, 4) is 0 Å². The number of halogens is 1. The summed E-state index contributed by atoms with van der Waals surface area (Å²) < 4.78 is 5.60. The molecular weight excluding hydrogens is 300 g/mol. The molecule has 2 N–H and O–H groups in total. The summed E-state index contributed by atoms with van der Waals surface area (Å²) in [4.78, 5) is 12.1. The summed E-state index contributed by atoms with van der Waals surface area (Å²) in [5.41, 5.74) is 1.93. The van der Waals surface area contributed by atoms with Crippen LogP contribution in [0.15, 0.2) is 28.7 Å². The standard InChI is InChI=1S/C17H22N2O2.ClH/c1-12-4-5-15-14(9-12)10-16(21-15)17(20)19-8-6-13-3-2-7-18-11-13;/h4-5,9-10,13,18H,2-3,6-8,11H2,1H3,(H,19,20);1H. The first-order valence-corrected chi connectivity index (χ1v) is 7.71. The Hall–Kier alpha value is -1.52. The van der Waals surface area contributed by atoms with Crippen molar-refractivity contribution in [3.63, 3.8) is 0 Å². The van der Waals surface area contributed by atoms with Crippen LogP contribution in [0.2, 0.25) is 0 Å². The van der Waals surface area contributed by atoms with E-state index in [4.69, 9.17) is 4.42 Å². The summed E-state index contributed by atoms with van der Waals surface area (Å²) in [6.07, 6.45) is 3.52. The van der Waals surface area contributed by atoms with Crippen LogP contribution in [0.3, 0.4) is 0 Å². The van der Waals surface area contributed by atoms with Gasteiger partial charge in [0, 0.05) is 11.9 Å². The largest absolute Gasteiger partial charge is 0.451 e. The molecule has 2 heterocycles. The van der Waals surface area contributed by atoms with E-state index in [1.54, 1.807) is 0 Å². The van der Waals surface area contributed by atoms with Crippen LogP contribution in [0, 0.1) is 12.8 Å². The van der Waals surface area contributed by atoms with E-state index in [-0.39, 0.29) is 18.3 Å². The van der Waals surface area contributed by atoms with Crippen LogP contribution in [-0.2, 0) is 0 Å². The van der Waals surface area contributed by atoms with E-state index in [0.717, 1.165) is 30.5 Å². The molecule has 1 saturated heterocycles. The molecule has 1 atom stereocenters. The van der Waals surface area contributed by atoms with Gasteiger partial charge in [-0.2, -0.15) is 0 Å². The highest BCUT2D eigenvalue weighted by atomic mass is 35.5. The van der Waals surface area contributed by atoms with E-state index >= 15 is 0 Å². The van der Waals surface area contributed by atoms with Crippen molar-refractivity contribution in [2.24, 2.45) is 5.92 Å². The zero-order valence-corrected chi connectivity index (χ0v) is 13.7. The molecule has 0 spiro atoms. The van der Waals surface area contributed by atoms with Crippen LogP contribution in [0.4, 0.5) is 0 Å². The third kappa shape index (κ3) is 4.02. The predicted molar refractivity (Wildman–Crippen MR) is 90.7 cm³/mol. The maximum absolute atomic E-state index is 12.1. The van der Waals surface area contributed by atoms with Crippen LogP contribution < -0.4 is 10.6 Å². The van der Waals surface area contributed by atoms with Crippen molar-refractivity contribution in [3.05, 3.63) is 35.6 Å². The lowest BCUT2D eigenvalue weighted by Gasteiger charge is -2.22. The molecule has 1 fully saturated rings. The van der Waals surface area contributed by atoms with Gasteiger partial charge in [0.25, 0.3) is 5.91 Å². The van der Waals surface area contributed by atoms with E-state index in [0.29, 0.717) is 18.2 Å². The Morgan fingerprint density at radius 3 is 3.05 bits per heavy atom. The maximum atomic E-state index is 12.1. The normalized spacial score (nSPS) is 18.0. The number of benzene rings is 1. The summed E-state index contributed by atoms with van der Waals surface area (Å²) in [5, 5.41) is 7.34. The van der Waals surface area contributed by atoms with Gasteiger partial charge in [-0.25, -0.2) is 0 Å². The summed E-state index contributed by atoms with van der Waals surface area (Å²) in [6.45, 7) is 4.94.